The highest BCUT2D eigenvalue weighted by atomic mass is 16.5. The van der Waals surface area contributed by atoms with Crippen molar-refractivity contribution in [1.29, 1.82) is 0 Å². The van der Waals surface area contributed by atoms with Gasteiger partial charge in [0.05, 0.1) is 13.2 Å². The zero-order valence-electron chi connectivity index (χ0n) is 10.6. The number of rotatable bonds is 9. The normalized spacial score (nSPS) is 17.1. The van der Waals surface area contributed by atoms with Gasteiger partial charge in [0.15, 0.2) is 0 Å². The maximum atomic E-state index is 11.4. The van der Waals surface area contributed by atoms with E-state index in [9.17, 15) is 4.79 Å². The molecule has 3 heteroatoms. The number of hydrogen-bond acceptors (Lipinski definition) is 3. The lowest BCUT2D eigenvalue weighted by atomic mass is 10.1. The molecule has 0 radical (unpaired) electrons. The van der Waals surface area contributed by atoms with Gasteiger partial charge in [0.1, 0.15) is 0 Å². The van der Waals surface area contributed by atoms with Crippen LogP contribution in [0.4, 0.5) is 0 Å². The quantitative estimate of drug-likeness (QED) is 0.486. The summed E-state index contributed by atoms with van der Waals surface area (Å²) in [6.07, 6.45) is 7.10. The number of nitrogens with one attached hydrogen (secondary N) is 1. The predicted octanol–water partition coefficient (Wildman–Crippen LogP) is 2.50. The van der Waals surface area contributed by atoms with Gasteiger partial charge in [-0.05, 0) is 25.2 Å². The molecule has 1 aliphatic rings. The second-order valence-corrected chi connectivity index (χ2v) is 4.74. The zero-order chi connectivity index (χ0) is 11.8. The summed E-state index contributed by atoms with van der Waals surface area (Å²) < 4.78 is 5.10. The van der Waals surface area contributed by atoms with Gasteiger partial charge in [0, 0.05) is 6.04 Å². The summed E-state index contributed by atoms with van der Waals surface area (Å²) in [5.41, 5.74) is 0. The predicted molar refractivity (Wildman–Crippen MR) is 65.3 cm³/mol. The second-order valence-electron chi connectivity index (χ2n) is 4.74. The van der Waals surface area contributed by atoms with E-state index in [2.05, 4.69) is 19.2 Å². The lowest BCUT2D eigenvalue weighted by Crippen LogP contribution is -2.34. The molecule has 0 saturated heterocycles. The van der Waals surface area contributed by atoms with Crippen molar-refractivity contribution in [3.63, 3.8) is 0 Å². The second kappa shape index (κ2) is 7.66. The Morgan fingerprint density at radius 1 is 1.44 bits per heavy atom. The van der Waals surface area contributed by atoms with E-state index >= 15 is 0 Å². The Balaban J connectivity index is 2.03. The summed E-state index contributed by atoms with van der Waals surface area (Å²) in [5.74, 6) is 0.802. The van der Waals surface area contributed by atoms with Gasteiger partial charge in [-0.2, -0.15) is 0 Å². The third-order valence-electron chi connectivity index (χ3n) is 3.10. The van der Waals surface area contributed by atoms with Crippen LogP contribution >= 0.6 is 0 Å². The van der Waals surface area contributed by atoms with Crippen LogP contribution in [0, 0.1) is 5.92 Å². The van der Waals surface area contributed by atoms with Crippen molar-refractivity contribution in [2.75, 3.05) is 13.2 Å². The largest absolute Gasteiger partial charge is 0.465 e. The Labute approximate surface area is 98.9 Å². The number of esters is 1. The molecule has 1 aliphatic carbocycles. The third kappa shape index (κ3) is 6.11. The molecule has 0 bridgehead atoms. The molecule has 0 aliphatic heterocycles. The van der Waals surface area contributed by atoms with E-state index in [4.69, 9.17) is 4.74 Å². The van der Waals surface area contributed by atoms with Gasteiger partial charge in [-0.15, -0.1) is 0 Å². The monoisotopic (exact) mass is 227 g/mol. The van der Waals surface area contributed by atoms with Crippen molar-refractivity contribution in [3.05, 3.63) is 0 Å². The average Bonchev–Trinajstić information content (AvgIpc) is 3.08. The van der Waals surface area contributed by atoms with E-state index in [1.165, 1.54) is 19.3 Å². The minimum atomic E-state index is -0.109. The summed E-state index contributed by atoms with van der Waals surface area (Å²) in [5, 5.41) is 3.29. The maximum absolute atomic E-state index is 11.4. The Kier molecular flexibility index (Phi) is 6.46. The molecule has 1 saturated carbocycles. The minimum Gasteiger partial charge on any atom is -0.465 e. The first-order chi connectivity index (χ1) is 7.76. The Hall–Kier alpha value is -0.570. The topological polar surface area (TPSA) is 38.3 Å². The van der Waals surface area contributed by atoms with Crippen LogP contribution in [0.3, 0.4) is 0 Å². The molecule has 0 aromatic heterocycles. The summed E-state index contributed by atoms with van der Waals surface area (Å²) in [7, 11) is 0. The molecular formula is C13H25NO2. The van der Waals surface area contributed by atoms with E-state index in [0.717, 1.165) is 25.2 Å². The fraction of sp³-hybridized carbons (Fsp3) is 0.923. The van der Waals surface area contributed by atoms with Crippen LogP contribution in [0.5, 0.6) is 0 Å². The van der Waals surface area contributed by atoms with Crippen LogP contribution in [0.25, 0.3) is 0 Å². The first-order valence-corrected chi connectivity index (χ1v) is 6.65. The molecule has 1 atom stereocenters. The summed E-state index contributed by atoms with van der Waals surface area (Å²) in [6, 6.07) is 0.492. The number of carbonyl (C=O) groups excluding carboxylic acids is 1. The van der Waals surface area contributed by atoms with Gasteiger partial charge in [-0.1, -0.05) is 33.1 Å². The molecule has 0 aromatic carbocycles. The molecule has 0 heterocycles. The molecule has 1 rings (SSSR count). The first kappa shape index (κ1) is 13.5. The number of hydrogen-bond donors (Lipinski definition) is 1. The average molecular weight is 227 g/mol. The van der Waals surface area contributed by atoms with Crippen molar-refractivity contribution in [2.24, 2.45) is 5.92 Å². The molecule has 1 unspecified atom stereocenters. The van der Waals surface area contributed by atoms with Crippen LogP contribution in [0.15, 0.2) is 0 Å². The smallest absolute Gasteiger partial charge is 0.319 e. The fourth-order valence-corrected chi connectivity index (χ4v) is 1.76. The van der Waals surface area contributed by atoms with Gasteiger partial charge in [0.25, 0.3) is 0 Å². The number of ether oxygens (including phenoxy) is 1. The van der Waals surface area contributed by atoms with Crippen molar-refractivity contribution in [2.45, 2.75) is 58.4 Å². The molecule has 94 valence electrons. The molecule has 1 N–H and O–H groups in total. The van der Waals surface area contributed by atoms with Gasteiger partial charge in [0.2, 0.25) is 0 Å². The number of unbranched alkanes of at least 4 members (excludes halogenated alkanes) is 1. The highest BCUT2D eigenvalue weighted by Crippen LogP contribution is 2.33. The molecule has 0 amide bonds. The maximum Gasteiger partial charge on any atom is 0.319 e. The van der Waals surface area contributed by atoms with Gasteiger partial charge < -0.3 is 10.1 Å². The summed E-state index contributed by atoms with van der Waals surface area (Å²) in [4.78, 5) is 11.4. The SMILES string of the molecule is CCCCOC(=O)CNC(CC)CC1CC1. The van der Waals surface area contributed by atoms with E-state index in [0.29, 0.717) is 19.2 Å². The molecule has 3 nitrogen and oxygen atoms in total. The lowest BCUT2D eigenvalue weighted by Gasteiger charge is -2.15. The highest BCUT2D eigenvalue weighted by Gasteiger charge is 2.24. The van der Waals surface area contributed by atoms with Crippen molar-refractivity contribution >= 4 is 5.97 Å². The fourth-order valence-electron chi connectivity index (χ4n) is 1.76. The van der Waals surface area contributed by atoms with Crippen molar-refractivity contribution in [1.82, 2.24) is 5.32 Å². The molecule has 0 spiro atoms. The van der Waals surface area contributed by atoms with E-state index in [1.54, 1.807) is 0 Å². The Morgan fingerprint density at radius 2 is 2.19 bits per heavy atom. The van der Waals surface area contributed by atoms with Gasteiger partial charge in [-0.25, -0.2) is 0 Å². The third-order valence-corrected chi connectivity index (χ3v) is 3.10. The van der Waals surface area contributed by atoms with Crippen molar-refractivity contribution in [3.8, 4) is 0 Å². The van der Waals surface area contributed by atoms with Crippen LogP contribution in [-0.2, 0) is 9.53 Å². The molecule has 0 aromatic rings. The standard InChI is InChI=1S/C13H25NO2/c1-3-5-8-16-13(15)10-14-12(4-2)9-11-6-7-11/h11-12,14H,3-10H2,1-2H3. The van der Waals surface area contributed by atoms with E-state index < -0.39 is 0 Å². The first-order valence-electron chi connectivity index (χ1n) is 6.65. The van der Waals surface area contributed by atoms with E-state index in [-0.39, 0.29) is 5.97 Å². The molecule has 16 heavy (non-hydrogen) atoms. The van der Waals surface area contributed by atoms with Crippen LogP contribution in [-0.4, -0.2) is 25.2 Å². The Morgan fingerprint density at radius 3 is 2.75 bits per heavy atom. The molecule has 1 fully saturated rings. The van der Waals surface area contributed by atoms with Crippen LogP contribution in [0.2, 0.25) is 0 Å². The van der Waals surface area contributed by atoms with Gasteiger partial charge >= 0.3 is 5.97 Å². The Bertz CT molecular complexity index is 202. The van der Waals surface area contributed by atoms with Crippen LogP contribution < -0.4 is 5.32 Å². The number of carbonyl (C=O) groups is 1. The zero-order valence-corrected chi connectivity index (χ0v) is 10.6. The minimum absolute atomic E-state index is 0.109. The lowest BCUT2D eigenvalue weighted by molar-refractivity contribution is -0.142. The van der Waals surface area contributed by atoms with Gasteiger partial charge in [-0.3, -0.25) is 4.79 Å². The summed E-state index contributed by atoms with van der Waals surface area (Å²) >= 11 is 0. The van der Waals surface area contributed by atoms with E-state index in [1.807, 2.05) is 0 Å². The van der Waals surface area contributed by atoms with Crippen molar-refractivity contribution < 1.29 is 9.53 Å². The van der Waals surface area contributed by atoms with Crippen LogP contribution in [0.1, 0.15) is 52.4 Å². The highest BCUT2D eigenvalue weighted by molar-refractivity contribution is 5.71. The summed E-state index contributed by atoms with van der Waals surface area (Å²) in [6.45, 7) is 5.20. The molecular weight excluding hydrogens is 202 g/mol.